The monoisotopic (exact) mass is 398 g/mol. The van der Waals surface area contributed by atoms with Gasteiger partial charge in [0.2, 0.25) is 0 Å². The number of benzene rings is 3. The van der Waals surface area contributed by atoms with Gasteiger partial charge in [0.05, 0.1) is 0 Å². The van der Waals surface area contributed by atoms with Crippen molar-refractivity contribution in [3.05, 3.63) is 95.8 Å². The van der Waals surface area contributed by atoms with Gasteiger partial charge in [-0.1, -0.05) is 59.7 Å². The van der Waals surface area contributed by atoms with Gasteiger partial charge in [-0.3, -0.25) is 0 Å². The third-order valence-corrected chi connectivity index (χ3v) is 7.55. The van der Waals surface area contributed by atoms with E-state index in [0.717, 1.165) is 18.1 Å². The average molecular weight is 398 g/mol. The van der Waals surface area contributed by atoms with Gasteiger partial charge in [-0.05, 0) is 45.0 Å². The summed E-state index contributed by atoms with van der Waals surface area (Å²) in [7, 11) is -3.12. The van der Waals surface area contributed by atoms with Crippen molar-refractivity contribution in [3.63, 3.8) is 0 Å². The number of halogens is 2. The smallest absolute Gasteiger partial charge is 0.309 e. The zero-order valence-electron chi connectivity index (χ0n) is 15.9. The minimum Gasteiger partial charge on any atom is -0.430 e. The van der Waals surface area contributed by atoms with Crippen molar-refractivity contribution in [2.24, 2.45) is 0 Å². The summed E-state index contributed by atoms with van der Waals surface area (Å²) in [5.41, 5.74) is 2.15. The van der Waals surface area contributed by atoms with E-state index in [2.05, 4.69) is 0 Å². The highest BCUT2D eigenvalue weighted by Crippen LogP contribution is 2.42. The van der Waals surface area contributed by atoms with Crippen molar-refractivity contribution >= 4 is 23.1 Å². The molecule has 0 saturated heterocycles. The highest BCUT2D eigenvalue weighted by Gasteiger charge is 2.29. The molecule has 0 N–H and O–H groups in total. The summed E-state index contributed by atoms with van der Waals surface area (Å²) in [5.74, 6) is -0.897. The summed E-state index contributed by atoms with van der Waals surface area (Å²) < 4.78 is 45.4. The number of allylic oxidation sites excluding steroid dienone is 1. The topological polar surface area (TPSA) is 26.3 Å². The molecule has 2 nitrogen and oxygen atoms in total. The van der Waals surface area contributed by atoms with Crippen molar-refractivity contribution in [3.8, 4) is 5.75 Å². The maximum absolute atomic E-state index is 14.3. The van der Waals surface area contributed by atoms with Crippen LogP contribution in [0.3, 0.4) is 0 Å². The van der Waals surface area contributed by atoms with E-state index in [0.29, 0.717) is 15.9 Å². The number of hydrogen-bond acceptors (Lipinski definition) is 2. The van der Waals surface area contributed by atoms with E-state index in [4.69, 9.17) is 4.74 Å². The van der Waals surface area contributed by atoms with Crippen LogP contribution in [0, 0.1) is 13.8 Å². The van der Waals surface area contributed by atoms with Crippen LogP contribution in [-0.4, -0.2) is 0 Å². The van der Waals surface area contributed by atoms with E-state index in [-0.39, 0.29) is 5.75 Å². The maximum Gasteiger partial charge on any atom is 0.309 e. The van der Waals surface area contributed by atoms with Gasteiger partial charge in [0.1, 0.15) is 5.75 Å². The van der Waals surface area contributed by atoms with Gasteiger partial charge >= 0.3 is 6.01 Å². The molecule has 3 aromatic rings. The van der Waals surface area contributed by atoms with Crippen LogP contribution in [-0.2, 0) is 4.57 Å². The molecule has 0 aliphatic rings. The first kappa shape index (κ1) is 20.0. The van der Waals surface area contributed by atoms with Crippen LogP contribution in [0.5, 0.6) is 5.75 Å². The van der Waals surface area contributed by atoms with Crippen molar-refractivity contribution in [2.75, 3.05) is 0 Å². The molecule has 3 rings (SSSR count). The van der Waals surface area contributed by atoms with Crippen molar-refractivity contribution in [2.45, 2.75) is 20.8 Å². The molecule has 0 fully saturated rings. The van der Waals surface area contributed by atoms with Crippen molar-refractivity contribution in [1.82, 2.24) is 0 Å². The Morgan fingerprint density at radius 1 is 0.714 bits per heavy atom. The van der Waals surface area contributed by atoms with Crippen molar-refractivity contribution < 1.29 is 18.1 Å². The van der Waals surface area contributed by atoms with Crippen LogP contribution in [0.2, 0.25) is 0 Å². The lowest BCUT2D eigenvalue weighted by atomic mass is 10.2. The largest absolute Gasteiger partial charge is 0.430 e. The molecule has 5 heteroatoms. The Bertz CT molecular complexity index is 984. The number of ether oxygens (including phenoxy) is 1. The Kier molecular flexibility index (Phi) is 5.81. The van der Waals surface area contributed by atoms with Crippen LogP contribution in [0.4, 0.5) is 8.78 Å². The summed E-state index contributed by atoms with van der Waals surface area (Å²) in [6.45, 7) is 4.93. The fourth-order valence-electron chi connectivity index (χ4n) is 2.85. The van der Waals surface area contributed by atoms with Crippen LogP contribution in [0.25, 0.3) is 0 Å². The third-order valence-electron chi connectivity index (χ3n) is 4.47. The van der Waals surface area contributed by atoms with Gasteiger partial charge in [-0.25, -0.2) is 4.39 Å². The quantitative estimate of drug-likeness (QED) is 0.422. The molecule has 0 bridgehead atoms. The molecule has 0 aliphatic heterocycles. The van der Waals surface area contributed by atoms with Gasteiger partial charge in [-0.15, -0.1) is 0 Å². The molecule has 28 heavy (non-hydrogen) atoms. The van der Waals surface area contributed by atoms with Crippen LogP contribution < -0.4 is 20.7 Å². The molecule has 3 aromatic carbocycles. The molecule has 0 aromatic heterocycles. The van der Waals surface area contributed by atoms with Gasteiger partial charge in [-0.2, -0.15) is 4.39 Å². The van der Waals surface area contributed by atoms with Crippen molar-refractivity contribution in [1.29, 1.82) is 0 Å². The molecule has 0 amide bonds. The molecule has 0 aliphatic carbocycles. The second kappa shape index (κ2) is 8.12. The molecule has 0 saturated carbocycles. The normalized spacial score (nSPS) is 12.5. The number of rotatable bonds is 5. The predicted molar refractivity (Wildman–Crippen MR) is 111 cm³/mol. The molecular weight excluding hydrogens is 377 g/mol. The summed E-state index contributed by atoms with van der Waals surface area (Å²) in [6, 6.07) is 20.2. The number of hydrogen-bond donors (Lipinski definition) is 0. The molecule has 0 unspecified atom stereocenters. The molecule has 0 heterocycles. The Labute approximate surface area is 163 Å². The lowest BCUT2D eigenvalue weighted by molar-refractivity contribution is 0.278. The summed E-state index contributed by atoms with van der Waals surface area (Å²) in [5, 5.41) is 2.01. The summed E-state index contributed by atoms with van der Waals surface area (Å²) in [4.78, 5) is 0. The fourth-order valence-corrected chi connectivity index (χ4v) is 5.46. The Balaban J connectivity index is 2.09. The van der Waals surface area contributed by atoms with E-state index >= 15 is 0 Å². The Hall–Kier alpha value is -2.71. The first-order valence-electron chi connectivity index (χ1n) is 8.85. The zero-order valence-corrected chi connectivity index (χ0v) is 16.8. The van der Waals surface area contributed by atoms with E-state index in [1.807, 2.05) is 62.4 Å². The van der Waals surface area contributed by atoms with Crippen LogP contribution in [0.15, 0.2) is 84.6 Å². The first-order chi connectivity index (χ1) is 13.3. The van der Waals surface area contributed by atoms with E-state index in [1.54, 1.807) is 12.1 Å². The minimum absolute atomic E-state index is 0.137. The Morgan fingerprint density at radius 2 is 1.07 bits per heavy atom. The summed E-state index contributed by atoms with van der Waals surface area (Å²) in [6.07, 6.45) is 0. The fraction of sp³-hybridized carbons (Fsp3) is 0.130. The first-order valence-corrected chi connectivity index (χ1v) is 10.6. The molecule has 144 valence electrons. The third kappa shape index (κ3) is 4.07. The number of aryl methyl sites for hydroxylation is 2. The maximum atomic E-state index is 14.3. The lowest BCUT2D eigenvalue weighted by Gasteiger charge is -2.20. The van der Waals surface area contributed by atoms with Gasteiger partial charge in [0.15, 0.2) is 13.0 Å². The predicted octanol–water partition coefficient (Wildman–Crippen LogP) is 5.45. The van der Waals surface area contributed by atoms with Gasteiger partial charge in [0.25, 0.3) is 0 Å². The van der Waals surface area contributed by atoms with Gasteiger partial charge < -0.3 is 9.30 Å². The molecular formula is C23H21F2O2P. The van der Waals surface area contributed by atoms with Crippen LogP contribution in [0.1, 0.15) is 18.1 Å². The Morgan fingerprint density at radius 3 is 1.43 bits per heavy atom. The highest BCUT2D eigenvalue weighted by molar-refractivity contribution is 7.85. The van der Waals surface area contributed by atoms with Gasteiger partial charge in [0, 0.05) is 15.9 Å². The lowest BCUT2D eigenvalue weighted by Crippen LogP contribution is -2.25. The molecule has 0 spiro atoms. The van der Waals surface area contributed by atoms with E-state index in [9.17, 15) is 13.3 Å². The second-order valence-corrected chi connectivity index (χ2v) is 9.45. The SMILES string of the molecule is C/C(F)=C(\F)Oc1ccc(P(=O)(c2ccc(C)cc2)c2ccc(C)cc2)cc1. The highest BCUT2D eigenvalue weighted by atomic mass is 31.2. The standard InChI is InChI=1S/C23H21F2O2P/c1-16-4-10-20(11-5-16)28(26,21-12-6-17(2)7-13-21)22-14-8-19(9-15-22)27-23(25)18(3)24/h4-15H,1-3H3/b23-18-. The minimum atomic E-state index is -3.12. The molecule has 0 radical (unpaired) electrons. The van der Waals surface area contributed by atoms with E-state index < -0.39 is 19.0 Å². The summed E-state index contributed by atoms with van der Waals surface area (Å²) >= 11 is 0. The van der Waals surface area contributed by atoms with Crippen LogP contribution >= 0.6 is 7.14 Å². The van der Waals surface area contributed by atoms with E-state index in [1.165, 1.54) is 12.1 Å². The molecule has 0 atom stereocenters. The average Bonchev–Trinajstić information content (AvgIpc) is 2.69. The zero-order chi connectivity index (χ0) is 20.3. The second-order valence-electron chi connectivity index (χ2n) is 6.68.